The van der Waals surface area contributed by atoms with Crippen molar-refractivity contribution in [2.45, 2.75) is 19.8 Å². The molecule has 0 unspecified atom stereocenters. The minimum absolute atomic E-state index is 0.00704. The zero-order valence-corrected chi connectivity index (χ0v) is 11.6. The summed E-state index contributed by atoms with van der Waals surface area (Å²) >= 11 is 0. The topological polar surface area (TPSA) is 30.2 Å². The minimum Gasteiger partial charge on any atom is -0.456 e. The zero-order chi connectivity index (χ0) is 14.1. The normalized spacial score (nSPS) is 11.2. The van der Waals surface area contributed by atoms with E-state index in [1.807, 2.05) is 48.5 Å². The molecule has 3 aromatic rings. The van der Waals surface area contributed by atoms with Crippen molar-refractivity contribution in [2.24, 2.45) is 0 Å². The molecule has 0 saturated heterocycles. The second kappa shape index (κ2) is 4.97. The van der Waals surface area contributed by atoms with Crippen LogP contribution >= 0.6 is 0 Å². The van der Waals surface area contributed by atoms with E-state index in [0.29, 0.717) is 22.6 Å². The van der Waals surface area contributed by atoms with Crippen LogP contribution in [0.1, 0.15) is 25.3 Å². The number of rotatable bonds is 2. The fraction of sp³-hybridized carbons (Fsp3) is 0.167. The Kier molecular flexibility index (Phi) is 3.15. The molecule has 1 heterocycles. The van der Waals surface area contributed by atoms with Gasteiger partial charge in [0.25, 0.3) is 0 Å². The van der Waals surface area contributed by atoms with Crippen molar-refractivity contribution in [3.05, 3.63) is 70.4 Å². The second-order valence-corrected chi connectivity index (χ2v) is 5.22. The summed E-state index contributed by atoms with van der Waals surface area (Å²) in [7, 11) is 0. The van der Waals surface area contributed by atoms with Gasteiger partial charge in [-0.05, 0) is 17.5 Å². The van der Waals surface area contributed by atoms with Crippen molar-refractivity contribution in [3.8, 4) is 11.3 Å². The Morgan fingerprint density at radius 1 is 0.950 bits per heavy atom. The number of benzene rings is 2. The predicted octanol–water partition coefficient (Wildman–Crippen LogP) is 4.58. The predicted molar refractivity (Wildman–Crippen MR) is 82.0 cm³/mol. The molecule has 0 aliphatic carbocycles. The Morgan fingerprint density at radius 3 is 2.40 bits per heavy atom. The van der Waals surface area contributed by atoms with Gasteiger partial charge in [0.1, 0.15) is 11.3 Å². The molecule has 2 heteroatoms. The average Bonchev–Trinajstić information content (AvgIpc) is 2.47. The molecule has 0 N–H and O–H groups in total. The van der Waals surface area contributed by atoms with Crippen LogP contribution in [-0.2, 0) is 0 Å². The van der Waals surface area contributed by atoms with Gasteiger partial charge in [-0.2, -0.15) is 0 Å². The number of fused-ring (bicyclic) bond motifs is 1. The Balaban J connectivity index is 2.33. The van der Waals surface area contributed by atoms with Gasteiger partial charge in [-0.15, -0.1) is 0 Å². The first-order valence-corrected chi connectivity index (χ1v) is 6.79. The zero-order valence-electron chi connectivity index (χ0n) is 11.6. The van der Waals surface area contributed by atoms with Crippen LogP contribution in [0.5, 0.6) is 0 Å². The molecule has 1 aromatic heterocycles. The van der Waals surface area contributed by atoms with Crippen LogP contribution in [0.4, 0.5) is 0 Å². The highest BCUT2D eigenvalue weighted by Gasteiger charge is 2.12. The largest absolute Gasteiger partial charge is 0.456 e. The number of hydrogen-bond donors (Lipinski definition) is 0. The first-order chi connectivity index (χ1) is 9.66. The third-order valence-electron chi connectivity index (χ3n) is 3.47. The van der Waals surface area contributed by atoms with Crippen molar-refractivity contribution in [2.75, 3.05) is 0 Å². The third-order valence-corrected chi connectivity index (χ3v) is 3.47. The lowest BCUT2D eigenvalue weighted by Crippen LogP contribution is -2.02. The maximum atomic E-state index is 12.3. The molecular weight excluding hydrogens is 248 g/mol. The molecule has 0 saturated carbocycles. The Hall–Kier alpha value is -2.35. The van der Waals surface area contributed by atoms with Crippen LogP contribution in [0.2, 0.25) is 0 Å². The maximum absolute atomic E-state index is 12.3. The monoisotopic (exact) mass is 264 g/mol. The fourth-order valence-electron chi connectivity index (χ4n) is 2.40. The molecule has 3 rings (SSSR count). The van der Waals surface area contributed by atoms with Crippen molar-refractivity contribution in [1.82, 2.24) is 0 Å². The van der Waals surface area contributed by atoms with Crippen molar-refractivity contribution in [3.63, 3.8) is 0 Å². The molecule has 0 bridgehead atoms. The van der Waals surface area contributed by atoms with Crippen LogP contribution in [-0.4, -0.2) is 0 Å². The minimum atomic E-state index is 0.00704. The summed E-state index contributed by atoms with van der Waals surface area (Å²) < 4.78 is 6.02. The lowest BCUT2D eigenvalue weighted by Gasteiger charge is -2.10. The smallest absolute Gasteiger partial charge is 0.193 e. The summed E-state index contributed by atoms with van der Waals surface area (Å²) in [6, 6.07) is 17.0. The van der Waals surface area contributed by atoms with Gasteiger partial charge < -0.3 is 4.42 Å². The molecule has 0 aliphatic heterocycles. The van der Waals surface area contributed by atoms with E-state index in [-0.39, 0.29) is 5.43 Å². The molecule has 20 heavy (non-hydrogen) atoms. The van der Waals surface area contributed by atoms with Crippen molar-refractivity contribution < 1.29 is 4.42 Å². The average molecular weight is 264 g/mol. The summed E-state index contributed by atoms with van der Waals surface area (Å²) in [6.45, 7) is 4.20. The third kappa shape index (κ3) is 2.14. The molecule has 0 atom stereocenters. The summed E-state index contributed by atoms with van der Waals surface area (Å²) in [5, 5.41) is 0.649. The molecular formula is C18H16O2. The summed E-state index contributed by atoms with van der Waals surface area (Å²) in [5.41, 5.74) is 2.70. The summed E-state index contributed by atoms with van der Waals surface area (Å²) in [6.07, 6.45) is 0. The van der Waals surface area contributed by atoms with Crippen molar-refractivity contribution in [1.29, 1.82) is 0 Å². The van der Waals surface area contributed by atoms with Gasteiger partial charge in [0.2, 0.25) is 0 Å². The maximum Gasteiger partial charge on any atom is 0.193 e. The summed E-state index contributed by atoms with van der Waals surface area (Å²) in [5.74, 6) is 0.934. The van der Waals surface area contributed by atoms with E-state index < -0.39 is 0 Å². The molecule has 0 spiro atoms. The Labute approximate surface area is 117 Å². The van der Waals surface area contributed by atoms with E-state index in [4.69, 9.17) is 4.42 Å². The van der Waals surface area contributed by atoms with Gasteiger partial charge in [-0.3, -0.25) is 4.79 Å². The Morgan fingerprint density at radius 2 is 1.70 bits per heavy atom. The van der Waals surface area contributed by atoms with E-state index in [2.05, 4.69) is 13.8 Å². The molecule has 100 valence electrons. The van der Waals surface area contributed by atoms with Gasteiger partial charge >= 0.3 is 0 Å². The van der Waals surface area contributed by atoms with Crippen LogP contribution in [0.3, 0.4) is 0 Å². The molecule has 2 aromatic carbocycles. The standard InChI is InChI=1S/C18H16O2/c1-12(2)14-9-6-10-15-16(19)11-17(20-18(14)15)13-7-4-3-5-8-13/h3-12H,1-2H3. The highest BCUT2D eigenvalue weighted by atomic mass is 16.3. The van der Waals surface area contributed by atoms with E-state index in [9.17, 15) is 4.79 Å². The first kappa shape index (κ1) is 12.7. The number of hydrogen-bond acceptors (Lipinski definition) is 2. The van der Waals surface area contributed by atoms with Crippen LogP contribution in [0.15, 0.2) is 63.8 Å². The number of para-hydroxylation sites is 1. The first-order valence-electron chi connectivity index (χ1n) is 6.79. The Bertz CT molecular complexity index is 799. The fourth-order valence-corrected chi connectivity index (χ4v) is 2.40. The SMILES string of the molecule is CC(C)c1cccc2c(=O)cc(-c3ccccc3)oc12. The highest BCUT2D eigenvalue weighted by Crippen LogP contribution is 2.27. The van der Waals surface area contributed by atoms with Gasteiger partial charge in [0.05, 0.1) is 5.39 Å². The lowest BCUT2D eigenvalue weighted by molar-refractivity contribution is 0.610. The van der Waals surface area contributed by atoms with Crippen molar-refractivity contribution >= 4 is 11.0 Å². The van der Waals surface area contributed by atoms with E-state index in [0.717, 1.165) is 11.1 Å². The second-order valence-electron chi connectivity index (χ2n) is 5.22. The molecule has 2 nitrogen and oxygen atoms in total. The van der Waals surface area contributed by atoms with E-state index in [1.54, 1.807) is 6.07 Å². The van der Waals surface area contributed by atoms with E-state index in [1.165, 1.54) is 0 Å². The molecule has 0 amide bonds. The van der Waals surface area contributed by atoms with Crippen LogP contribution in [0, 0.1) is 0 Å². The molecule has 0 aliphatic rings. The van der Waals surface area contributed by atoms with Gasteiger partial charge in [0.15, 0.2) is 5.43 Å². The molecule has 0 fully saturated rings. The lowest BCUT2D eigenvalue weighted by atomic mass is 10.00. The van der Waals surface area contributed by atoms with Gasteiger partial charge in [-0.25, -0.2) is 0 Å². The van der Waals surface area contributed by atoms with Crippen LogP contribution in [0.25, 0.3) is 22.3 Å². The quantitative estimate of drug-likeness (QED) is 0.678. The summed E-state index contributed by atoms with van der Waals surface area (Å²) in [4.78, 5) is 12.3. The van der Waals surface area contributed by atoms with Gasteiger partial charge in [0, 0.05) is 11.6 Å². The van der Waals surface area contributed by atoms with Crippen LogP contribution < -0.4 is 5.43 Å². The van der Waals surface area contributed by atoms with Gasteiger partial charge in [-0.1, -0.05) is 56.3 Å². The molecule has 0 radical (unpaired) electrons. The van der Waals surface area contributed by atoms with E-state index >= 15 is 0 Å². The highest BCUT2D eigenvalue weighted by molar-refractivity contribution is 5.82.